The van der Waals surface area contributed by atoms with Crippen molar-refractivity contribution in [3.05, 3.63) is 55.1 Å². The number of hydrogen-bond acceptors (Lipinski definition) is 2. The van der Waals surface area contributed by atoms with Crippen LogP contribution in [-0.4, -0.2) is 15.6 Å². The van der Waals surface area contributed by atoms with Gasteiger partial charge in [0.15, 0.2) is 0 Å². The molecule has 2 N–H and O–H groups in total. The van der Waals surface area contributed by atoms with Gasteiger partial charge < -0.3 is 29.7 Å². The topological polar surface area (TPSA) is 47.7 Å². The van der Waals surface area contributed by atoms with Crippen LogP contribution in [0.4, 0.5) is 0 Å². The van der Waals surface area contributed by atoms with Gasteiger partial charge in [0, 0.05) is 23.7 Å². The van der Waals surface area contributed by atoms with Gasteiger partial charge in [-0.25, -0.2) is 4.57 Å². The normalized spacial score (nSPS) is 12.1. The van der Waals surface area contributed by atoms with Gasteiger partial charge in [-0.3, -0.25) is 4.57 Å². The van der Waals surface area contributed by atoms with Gasteiger partial charge in [-0.05, 0) is 24.0 Å². The van der Waals surface area contributed by atoms with Crippen LogP contribution in [0.3, 0.4) is 0 Å². The Bertz CT molecular complexity index is 688. The molecule has 20 heavy (non-hydrogen) atoms. The van der Waals surface area contributed by atoms with E-state index < -0.39 is 0 Å². The predicted octanol–water partition coefficient (Wildman–Crippen LogP) is -1.34. The Balaban J connectivity index is 0.00000147. The summed E-state index contributed by atoms with van der Waals surface area (Å²) in [5.41, 5.74) is 6.94. The third kappa shape index (κ3) is 2.99. The maximum absolute atomic E-state index is 5.78. The van der Waals surface area contributed by atoms with Crippen LogP contribution in [-0.2, 0) is 6.54 Å². The van der Waals surface area contributed by atoms with E-state index in [2.05, 4.69) is 27.8 Å². The molecule has 0 saturated carbocycles. The fourth-order valence-electron chi connectivity index (χ4n) is 2.24. The first-order chi connectivity index (χ1) is 9.24. The van der Waals surface area contributed by atoms with Gasteiger partial charge in [-0.1, -0.05) is 18.2 Å². The number of benzene rings is 1. The van der Waals surface area contributed by atoms with Crippen LogP contribution in [0.2, 0.25) is 0 Å². The summed E-state index contributed by atoms with van der Waals surface area (Å²) < 4.78 is 4.09. The molecule has 2 heterocycles. The van der Waals surface area contributed by atoms with Crippen LogP contribution in [0.25, 0.3) is 16.7 Å². The van der Waals surface area contributed by atoms with E-state index in [1.165, 1.54) is 10.9 Å². The summed E-state index contributed by atoms with van der Waals surface area (Å²) in [6.07, 6.45) is 5.89. The van der Waals surface area contributed by atoms with E-state index in [0.717, 1.165) is 12.4 Å². The van der Waals surface area contributed by atoms with Crippen molar-refractivity contribution in [3.63, 3.8) is 0 Å². The van der Waals surface area contributed by atoms with E-state index in [-0.39, 0.29) is 30.0 Å². The van der Waals surface area contributed by atoms with Gasteiger partial charge in [0.25, 0.3) is 12.1 Å². The summed E-state index contributed by atoms with van der Waals surface area (Å²) in [7, 11) is 0. The number of halogens is 1. The lowest BCUT2D eigenvalue weighted by Crippen LogP contribution is -3.00. The second kappa shape index (κ2) is 6.32. The Morgan fingerprint density at radius 2 is 2.05 bits per heavy atom. The minimum absolute atomic E-state index is 0. The zero-order valence-electron chi connectivity index (χ0n) is 11.3. The minimum atomic E-state index is 0. The number of aromatic nitrogens is 3. The third-order valence-corrected chi connectivity index (χ3v) is 3.10. The van der Waals surface area contributed by atoms with Crippen molar-refractivity contribution in [3.8, 4) is 5.82 Å². The monoisotopic (exact) mass is 380 g/mol. The molecule has 0 aliphatic heterocycles. The van der Waals surface area contributed by atoms with Gasteiger partial charge in [0.05, 0.1) is 11.7 Å². The van der Waals surface area contributed by atoms with Crippen LogP contribution in [0.5, 0.6) is 0 Å². The second-order valence-corrected chi connectivity index (χ2v) is 4.84. The standard InChI is InChI=1S/C15H17N4.HI/c1-12(16)10-18-8-7-15(17-11-18)19-9-6-13-4-2-3-5-14(13)19;/h2-9,11-12H,10,16H2,1H3;1H/q+1;/p-1. The molecular formula is C15H17IN4. The van der Waals surface area contributed by atoms with Gasteiger partial charge in [-0.2, -0.15) is 0 Å². The number of para-hydroxylation sites is 1. The van der Waals surface area contributed by atoms with Crippen molar-refractivity contribution in [1.82, 2.24) is 9.55 Å². The molecule has 2 aromatic heterocycles. The summed E-state index contributed by atoms with van der Waals surface area (Å²) in [4.78, 5) is 4.49. The molecule has 3 rings (SSSR count). The Morgan fingerprint density at radius 3 is 2.75 bits per heavy atom. The van der Waals surface area contributed by atoms with Gasteiger partial charge in [0.1, 0.15) is 6.54 Å². The molecule has 3 aromatic rings. The highest BCUT2D eigenvalue weighted by Crippen LogP contribution is 2.17. The first-order valence-electron chi connectivity index (χ1n) is 6.41. The molecule has 5 heteroatoms. The van der Waals surface area contributed by atoms with Crippen LogP contribution in [0, 0.1) is 0 Å². The van der Waals surface area contributed by atoms with E-state index in [1.807, 2.05) is 48.4 Å². The van der Waals surface area contributed by atoms with Crippen LogP contribution < -0.4 is 34.3 Å². The zero-order valence-corrected chi connectivity index (χ0v) is 13.4. The van der Waals surface area contributed by atoms with E-state index in [4.69, 9.17) is 5.73 Å². The van der Waals surface area contributed by atoms with Crippen molar-refractivity contribution in [2.75, 3.05) is 0 Å². The largest absolute Gasteiger partial charge is 1.00 e. The smallest absolute Gasteiger partial charge is 0.288 e. The first kappa shape index (κ1) is 14.9. The predicted molar refractivity (Wildman–Crippen MR) is 74.9 cm³/mol. The average Bonchev–Trinajstić information content (AvgIpc) is 2.83. The molecule has 0 saturated heterocycles. The van der Waals surface area contributed by atoms with Crippen LogP contribution in [0.15, 0.2) is 55.1 Å². The van der Waals surface area contributed by atoms with E-state index in [9.17, 15) is 0 Å². The van der Waals surface area contributed by atoms with Crippen LogP contribution >= 0.6 is 0 Å². The lowest BCUT2D eigenvalue weighted by atomic mass is 10.2. The van der Waals surface area contributed by atoms with Crippen molar-refractivity contribution < 1.29 is 28.5 Å². The summed E-state index contributed by atoms with van der Waals surface area (Å²) >= 11 is 0. The van der Waals surface area contributed by atoms with Gasteiger partial charge >= 0.3 is 0 Å². The second-order valence-electron chi connectivity index (χ2n) is 4.84. The fraction of sp³-hybridized carbons (Fsp3) is 0.200. The molecule has 104 valence electrons. The van der Waals surface area contributed by atoms with Gasteiger partial charge in [0.2, 0.25) is 0 Å². The number of rotatable bonds is 3. The summed E-state index contributed by atoms with van der Waals surface area (Å²) in [5.74, 6) is 0.919. The Labute approximate surface area is 135 Å². The van der Waals surface area contributed by atoms with E-state index in [0.29, 0.717) is 0 Å². The van der Waals surface area contributed by atoms with Crippen molar-refractivity contribution >= 4 is 10.9 Å². The maximum Gasteiger partial charge on any atom is 0.288 e. The maximum atomic E-state index is 5.78. The van der Waals surface area contributed by atoms with E-state index in [1.54, 1.807) is 0 Å². The summed E-state index contributed by atoms with van der Waals surface area (Å²) in [5, 5.41) is 1.22. The molecule has 0 fully saturated rings. The SMILES string of the molecule is CC(N)C[n+]1ccc(-n2ccc3ccccc32)nc1.[I-]. The molecule has 0 aliphatic rings. The molecule has 0 aliphatic carbocycles. The zero-order chi connectivity index (χ0) is 13.2. The van der Waals surface area contributed by atoms with E-state index >= 15 is 0 Å². The summed E-state index contributed by atoms with van der Waals surface area (Å²) in [6, 6.07) is 12.5. The fourth-order valence-corrected chi connectivity index (χ4v) is 2.24. The molecule has 0 amide bonds. The minimum Gasteiger partial charge on any atom is -1.00 e. The van der Waals surface area contributed by atoms with Crippen molar-refractivity contribution in [2.45, 2.75) is 19.5 Å². The van der Waals surface area contributed by atoms with Gasteiger partial charge in [-0.15, -0.1) is 0 Å². The highest BCUT2D eigenvalue weighted by atomic mass is 127. The van der Waals surface area contributed by atoms with Crippen LogP contribution in [0.1, 0.15) is 6.92 Å². The number of fused-ring (bicyclic) bond motifs is 1. The quantitative estimate of drug-likeness (QED) is 0.452. The third-order valence-electron chi connectivity index (χ3n) is 3.10. The molecular weight excluding hydrogens is 363 g/mol. The summed E-state index contributed by atoms with van der Waals surface area (Å²) in [6.45, 7) is 2.76. The molecule has 1 atom stereocenters. The molecule has 0 bridgehead atoms. The Hall–Kier alpha value is -1.47. The molecule has 0 radical (unpaired) electrons. The highest BCUT2D eigenvalue weighted by Gasteiger charge is 2.09. The Morgan fingerprint density at radius 1 is 1.25 bits per heavy atom. The number of nitrogens with two attached hydrogens (primary N) is 1. The lowest BCUT2D eigenvalue weighted by molar-refractivity contribution is -0.701. The molecule has 4 nitrogen and oxygen atoms in total. The highest BCUT2D eigenvalue weighted by molar-refractivity contribution is 5.81. The number of nitrogens with zero attached hydrogens (tertiary/aromatic N) is 3. The van der Waals surface area contributed by atoms with Crippen molar-refractivity contribution in [1.29, 1.82) is 0 Å². The Kier molecular flexibility index (Phi) is 4.72. The first-order valence-corrected chi connectivity index (χ1v) is 6.41. The molecule has 0 spiro atoms. The molecule has 1 aromatic carbocycles. The average molecular weight is 380 g/mol. The number of hydrogen-bond donors (Lipinski definition) is 1. The van der Waals surface area contributed by atoms with Crippen molar-refractivity contribution in [2.24, 2.45) is 5.73 Å². The molecule has 1 unspecified atom stereocenters. The lowest BCUT2D eigenvalue weighted by Gasteiger charge is -2.03.